The van der Waals surface area contributed by atoms with Crippen molar-refractivity contribution in [3.8, 4) is 0 Å². The topological polar surface area (TPSA) is 77.3 Å². The van der Waals surface area contributed by atoms with E-state index in [9.17, 15) is 0 Å². The maximum absolute atomic E-state index is 5.38. The maximum atomic E-state index is 5.38. The first kappa shape index (κ1) is 13.6. The number of aromatic nitrogens is 1. The quantitative estimate of drug-likeness (QED) is 0.306. The molecule has 0 aliphatic carbocycles. The highest BCUT2D eigenvalue weighted by Gasteiger charge is 1.93. The highest BCUT2D eigenvalue weighted by Crippen LogP contribution is 1.92. The predicted octanol–water partition coefficient (Wildman–Crippen LogP) is 0.504. The number of hydrogen-bond donors (Lipinski definition) is 2. The first-order valence-electron chi connectivity index (χ1n) is 2.78. The van der Waals surface area contributed by atoms with Crippen molar-refractivity contribution in [1.29, 1.82) is 0 Å². The smallest absolute Gasteiger partial charge is 0.151 e. The maximum Gasteiger partial charge on any atom is 0.151 e. The van der Waals surface area contributed by atoms with Crippen molar-refractivity contribution in [2.45, 2.75) is 0 Å². The molecule has 0 amide bonds. The summed E-state index contributed by atoms with van der Waals surface area (Å²) in [5.41, 5.74) is 6.12. The summed E-state index contributed by atoms with van der Waals surface area (Å²) in [5.74, 6) is 5.24. The van der Waals surface area contributed by atoms with E-state index in [1.54, 1.807) is 24.5 Å². The van der Waals surface area contributed by atoms with Crippen LogP contribution in [0.25, 0.3) is 0 Å². The van der Waals surface area contributed by atoms with Crippen LogP contribution in [0.4, 0.5) is 0 Å². The highest BCUT2D eigenvalue weighted by molar-refractivity contribution is 5.96. The molecule has 0 saturated carbocycles. The Morgan fingerprint density at radius 1 is 1.42 bits per heavy atom. The van der Waals surface area contributed by atoms with Crippen molar-refractivity contribution >= 4 is 30.6 Å². The zero-order chi connectivity index (χ0) is 7.40. The molecule has 0 unspecified atom stereocenters. The van der Waals surface area contributed by atoms with Crippen LogP contribution in [0.2, 0.25) is 0 Å². The van der Waals surface area contributed by atoms with E-state index in [1.807, 2.05) is 0 Å². The molecule has 1 rings (SSSR count). The monoisotopic (exact) mass is 208 g/mol. The first-order valence-corrected chi connectivity index (χ1v) is 2.78. The van der Waals surface area contributed by atoms with Crippen LogP contribution in [0.5, 0.6) is 0 Å². The molecule has 4 N–H and O–H groups in total. The highest BCUT2D eigenvalue weighted by atomic mass is 35.5. The van der Waals surface area contributed by atoms with Crippen LogP contribution in [0, 0.1) is 0 Å². The Balaban J connectivity index is 0. The van der Waals surface area contributed by atoms with Gasteiger partial charge in [-0.1, -0.05) is 0 Å². The Bertz CT molecular complexity index is 237. The Morgan fingerprint density at radius 2 is 2.08 bits per heavy atom. The first-order chi connectivity index (χ1) is 4.84. The van der Waals surface area contributed by atoms with E-state index in [0.717, 1.165) is 5.56 Å². The second kappa shape index (κ2) is 6.69. The summed E-state index contributed by atoms with van der Waals surface area (Å²) in [6.45, 7) is 0. The van der Waals surface area contributed by atoms with Gasteiger partial charge in [0.15, 0.2) is 5.84 Å². The normalized spacial score (nSPS) is 9.50. The fourth-order valence-electron chi connectivity index (χ4n) is 0.589. The number of rotatable bonds is 1. The van der Waals surface area contributed by atoms with Gasteiger partial charge in [0.25, 0.3) is 0 Å². The van der Waals surface area contributed by atoms with E-state index in [0.29, 0.717) is 5.84 Å². The minimum atomic E-state index is 0. The van der Waals surface area contributed by atoms with Gasteiger partial charge in [0.05, 0.1) is 0 Å². The summed E-state index contributed by atoms with van der Waals surface area (Å²) >= 11 is 0. The zero-order valence-corrected chi connectivity index (χ0v) is 7.81. The Morgan fingerprint density at radius 3 is 2.50 bits per heavy atom. The fourth-order valence-corrected chi connectivity index (χ4v) is 0.589. The third-order valence-corrected chi connectivity index (χ3v) is 1.10. The second-order valence-electron chi connectivity index (χ2n) is 1.76. The van der Waals surface area contributed by atoms with Crippen LogP contribution >= 0.6 is 24.8 Å². The summed E-state index contributed by atoms with van der Waals surface area (Å²) < 4.78 is 0. The van der Waals surface area contributed by atoms with Gasteiger partial charge in [-0.15, -0.1) is 24.8 Å². The predicted molar refractivity (Wildman–Crippen MR) is 53.6 cm³/mol. The van der Waals surface area contributed by atoms with Gasteiger partial charge in [-0.25, -0.2) is 0 Å². The van der Waals surface area contributed by atoms with Crippen molar-refractivity contribution in [3.05, 3.63) is 30.1 Å². The summed E-state index contributed by atoms with van der Waals surface area (Å²) in [7, 11) is 0. The molecule has 0 spiro atoms. The molecule has 1 aromatic rings. The average molecular weight is 209 g/mol. The third-order valence-electron chi connectivity index (χ3n) is 1.10. The number of halogens is 2. The minimum Gasteiger partial charge on any atom is -0.382 e. The van der Waals surface area contributed by atoms with E-state index in [-0.39, 0.29) is 24.8 Å². The Hall–Kier alpha value is -1.00. The molecule has 6 heteroatoms. The van der Waals surface area contributed by atoms with E-state index in [1.165, 1.54) is 0 Å². The van der Waals surface area contributed by atoms with Crippen LogP contribution in [0.1, 0.15) is 5.56 Å². The van der Waals surface area contributed by atoms with Gasteiger partial charge >= 0.3 is 0 Å². The van der Waals surface area contributed by atoms with Crippen molar-refractivity contribution in [1.82, 2.24) is 4.98 Å². The van der Waals surface area contributed by atoms with E-state index in [2.05, 4.69) is 10.1 Å². The van der Waals surface area contributed by atoms with Crippen LogP contribution < -0.4 is 11.6 Å². The summed E-state index contributed by atoms with van der Waals surface area (Å²) in [6.07, 6.45) is 3.26. The summed E-state index contributed by atoms with van der Waals surface area (Å²) in [6, 6.07) is 3.56. The average Bonchev–Trinajstić information content (AvgIpc) is 2.05. The third kappa shape index (κ3) is 3.41. The fraction of sp³-hybridized carbons (Fsp3) is 0. The number of nitrogens with zero attached hydrogens (tertiary/aromatic N) is 2. The van der Waals surface area contributed by atoms with E-state index in [4.69, 9.17) is 11.6 Å². The molecular weight excluding hydrogens is 199 g/mol. The largest absolute Gasteiger partial charge is 0.382 e. The van der Waals surface area contributed by atoms with Crippen LogP contribution in [-0.4, -0.2) is 10.8 Å². The molecule has 1 heterocycles. The minimum absolute atomic E-state index is 0. The lowest BCUT2D eigenvalue weighted by atomic mass is 10.3. The number of pyridine rings is 1. The number of amidine groups is 1. The lowest BCUT2D eigenvalue weighted by Gasteiger charge is -1.94. The molecule has 0 aromatic carbocycles. The lowest BCUT2D eigenvalue weighted by Crippen LogP contribution is -2.15. The van der Waals surface area contributed by atoms with Crippen molar-refractivity contribution in [3.63, 3.8) is 0 Å². The molecule has 4 nitrogen and oxygen atoms in total. The standard InChI is InChI=1S/C6H8N4.2ClH/c7-6(10-8)5-2-1-3-9-4-5;;/h1-4H,8H2,(H2,7,10);2*1H. The van der Waals surface area contributed by atoms with E-state index < -0.39 is 0 Å². The molecule has 68 valence electrons. The summed E-state index contributed by atoms with van der Waals surface area (Å²) in [5, 5.41) is 3.31. The van der Waals surface area contributed by atoms with Crippen LogP contribution in [-0.2, 0) is 0 Å². The molecule has 0 atom stereocenters. The van der Waals surface area contributed by atoms with Gasteiger partial charge in [-0.2, -0.15) is 5.10 Å². The number of nitrogens with two attached hydrogens (primary N) is 2. The molecule has 0 fully saturated rings. The van der Waals surface area contributed by atoms with Gasteiger partial charge in [0, 0.05) is 18.0 Å². The van der Waals surface area contributed by atoms with Gasteiger partial charge < -0.3 is 11.6 Å². The SMILES string of the molecule is Cl.Cl.NN=C(N)c1cccnc1. The molecule has 0 bridgehead atoms. The van der Waals surface area contributed by atoms with Crippen molar-refractivity contribution < 1.29 is 0 Å². The number of hydrogen-bond acceptors (Lipinski definition) is 3. The second-order valence-corrected chi connectivity index (χ2v) is 1.76. The Kier molecular flexibility index (Phi) is 7.58. The molecule has 0 radical (unpaired) electrons. The van der Waals surface area contributed by atoms with Crippen molar-refractivity contribution in [2.75, 3.05) is 0 Å². The van der Waals surface area contributed by atoms with Crippen LogP contribution in [0.15, 0.2) is 29.6 Å². The summed E-state index contributed by atoms with van der Waals surface area (Å²) in [4.78, 5) is 3.84. The molecule has 0 saturated heterocycles. The van der Waals surface area contributed by atoms with Gasteiger partial charge in [-0.3, -0.25) is 4.98 Å². The van der Waals surface area contributed by atoms with E-state index >= 15 is 0 Å². The van der Waals surface area contributed by atoms with Gasteiger partial charge in [0.2, 0.25) is 0 Å². The van der Waals surface area contributed by atoms with Gasteiger partial charge in [0.1, 0.15) is 0 Å². The molecule has 12 heavy (non-hydrogen) atoms. The molecule has 1 aromatic heterocycles. The lowest BCUT2D eigenvalue weighted by molar-refractivity contribution is 1.22. The molecule has 0 aliphatic rings. The molecular formula is C6H10Cl2N4. The zero-order valence-electron chi connectivity index (χ0n) is 6.18. The molecule has 0 aliphatic heterocycles. The van der Waals surface area contributed by atoms with Gasteiger partial charge in [-0.05, 0) is 12.1 Å². The Labute approximate surface area is 82.9 Å². The number of hydrazone groups is 1. The van der Waals surface area contributed by atoms with Crippen LogP contribution in [0.3, 0.4) is 0 Å². The van der Waals surface area contributed by atoms with Crippen molar-refractivity contribution in [2.24, 2.45) is 16.7 Å².